The highest BCUT2D eigenvalue weighted by Gasteiger charge is 2.26. The van der Waals surface area contributed by atoms with Crippen molar-refractivity contribution >= 4 is 11.7 Å². The molecule has 2 aromatic carbocycles. The van der Waals surface area contributed by atoms with Crippen LogP contribution >= 0.6 is 0 Å². The molecule has 0 aromatic heterocycles. The number of anilines is 1. The van der Waals surface area contributed by atoms with Crippen molar-refractivity contribution < 1.29 is 19.0 Å². The Balaban J connectivity index is 1.31. The van der Waals surface area contributed by atoms with Crippen LogP contribution in [0.15, 0.2) is 36.4 Å². The van der Waals surface area contributed by atoms with Gasteiger partial charge in [-0.1, -0.05) is 0 Å². The van der Waals surface area contributed by atoms with E-state index in [1.807, 2.05) is 29.2 Å². The summed E-state index contributed by atoms with van der Waals surface area (Å²) in [6, 6.07) is 12.4. The van der Waals surface area contributed by atoms with Crippen LogP contribution < -0.4 is 24.4 Å². The number of ether oxygens (including phenoxy) is 3. The summed E-state index contributed by atoms with van der Waals surface area (Å²) in [5.74, 6) is 2.31. The maximum atomic E-state index is 12.9. The number of benzene rings is 2. The average Bonchev–Trinajstić information content (AvgIpc) is 2.83. The van der Waals surface area contributed by atoms with Gasteiger partial charge in [-0.05, 0) is 66.8 Å². The Morgan fingerprint density at radius 2 is 1.55 bits per heavy atom. The first-order chi connectivity index (χ1) is 15.1. The van der Waals surface area contributed by atoms with Gasteiger partial charge in [0.2, 0.25) is 0 Å². The first-order valence-corrected chi connectivity index (χ1v) is 10.8. The van der Waals surface area contributed by atoms with E-state index < -0.39 is 0 Å². The summed E-state index contributed by atoms with van der Waals surface area (Å²) in [5.41, 5.74) is 3.53. The van der Waals surface area contributed by atoms with Gasteiger partial charge in [0.15, 0.2) is 11.5 Å². The molecule has 0 radical (unpaired) electrons. The number of hydrogen-bond acceptors (Lipinski definition) is 5. The molecule has 4 rings (SSSR count). The molecular formula is C24H31N3O4. The van der Waals surface area contributed by atoms with Crippen molar-refractivity contribution in [2.24, 2.45) is 0 Å². The number of nitrogens with zero attached hydrogens (tertiary/aromatic N) is 2. The second-order valence-corrected chi connectivity index (χ2v) is 8.06. The fourth-order valence-corrected chi connectivity index (χ4v) is 4.40. The molecule has 2 aliphatic rings. The van der Waals surface area contributed by atoms with Crippen LogP contribution in [0.3, 0.4) is 0 Å². The largest absolute Gasteiger partial charge is 0.497 e. The minimum Gasteiger partial charge on any atom is -0.497 e. The van der Waals surface area contributed by atoms with E-state index in [0.717, 1.165) is 49.4 Å². The van der Waals surface area contributed by atoms with Crippen LogP contribution in [0.2, 0.25) is 0 Å². The molecule has 2 heterocycles. The van der Waals surface area contributed by atoms with Gasteiger partial charge in [0.05, 0.1) is 21.3 Å². The monoisotopic (exact) mass is 425 g/mol. The number of carbonyl (C=O) groups is 1. The summed E-state index contributed by atoms with van der Waals surface area (Å²) >= 11 is 0. The SMILES string of the molecule is COc1ccc(N2CCC(NC(=O)N3CCc4cc(OC)c(OC)cc4C3)CC2)cc1. The van der Waals surface area contributed by atoms with Crippen LogP contribution in [-0.4, -0.2) is 57.9 Å². The number of carbonyl (C=O) groups excluding carboxylic acids is 1. The van der Waals surface area contributed by atoms with Crippen molar-refractivity contribution in [1.82, 2.24) is 10.2 Å². The number of urea groups is 1. The van der Waals surface area contributed by atoms with E-state index >= 15 is 0 Å². The second-order valence-electron chi connectivity index (χ2n) is 8.06. The molecule has 7 nitrogen and oxygen atoms in total. The molecule has 0 saturated carbocycles. The Hall–Kier alpha value is -3.09. The van der Waals surface area contributed by atoms with Crippen LogP contribution in [0.1, 0.15) is 24.0 Å². The van der Waals surface area contributed by atoms with E-state index in [1.165, 1.54) is 11.3 Å². The highest BCUT2D eigenvalue weighted by Crippen LogP contribution is 2.33. The molecule has 0 unspecified atom stereocenters. The number of methoxy groups -OCH3 is 3. The number of hydrogen-bond donors (Lipinski definition) is 1. The van der Waals surface area contributed by atoms with Gasteiger partial charge in [-0.2, -0.15) is 0 Å². The topological polar surface area (TPSA) is 63.3 Å². The highest BCUT2D eigenvalue weighted by atomic mass is 16.5. The predicted octanol–water partition coefficient (Wildman–Crippen LogP) is 3.45. The molecule has 0 spiro atoms. The Labute approximate surface area is 183 Å². The molecule has 0 aliphatic carbocycles. The fourth-order valence-electron chi connectivity index (χ4n) is 4.40. The van der Waals surface area contributed by atoms with Crippen LogP contribution in [0.4, 0.5) is 10.5 Å². The molecule has 166 valence electrons. The lowest BCUT2D eigenvalue weighted by Crippen LogP contribution is -2.50. The van der Waals surface area contributed by atoms with Crippen LogP contribution in [0, 0.1) is 0 Å². The lowest BCUT2D eigenvalue weighted by atomic mass is 9.99. The summed E-state index contributed by atoms with van der Waals surface area (Å²) in [7, 11) is 4.96. The van der Waals surface area contributed by atoms with Gasteiger partial charge >= 0.3 is 6.03 Å². The molecule has 2 aliphatic heterocycles. The second kappa shape index (κ2) is 9.37. The van der Waals surface area contributed by atoms with Gasteiger partial charge in [-0.25, -0.2) is 4.79 Å². The van der Waals surface area contributed by atoms with E-state index in [2.05, 4.69) is 22.3 Å². The minimum absolute atomic E-state index is 0.0170. The molecule has 0 atom stereocenters. The smallest absolute Gasteiger partial charge is 0.317 e. The summed E-state index contributed by atoms with van der Waals surface area (Å²) < 4.78 is 16.1. The fraction of sp³-hybridized carbons (Fsp3) is 0.458. The quantitative estimate of drug-likeness (QED) is 0.795. The standard InChI is InChI=1S/C24H31N3O4/c1-29-21-6-4-20(5-7-21)26-12-9-19(10-13-26)25-24(28)27-11-8-17-14-22(30-2)23(31-3)15-18(17)16-27/h4-7,14-15,19H,8-13,16H2,1-3H3,(H,25,28). The van der Waals surface area contributed by atoms with Gasteiger partial charge in [-0.15, -0.1) is 0 Å². The van der Waals surface area contributed by atoms with E-state index in [0.29, 0.717) is 18.8 Å². The third-order valence-corrected chi connectivity index (χ3v) is 6.27. The molecule has 0 bridgehead atoms. The number of nitrogens with one attached hydrogen (secondary N) is 1. The van der Waals surface area contributed by atoms with Crippen LogP contribution in [-0.2, 0) is 13.0 Å². The summed E-state index contributed by atoms with van der Waals surface area (Å²) in [5, 5.41) is 3.25. The summed E-state index contributed by atoms with van der Waals surface area (Å²) in [6.45, 7) is 3.15. The number of rotatable bonds is 5. The Bertz CT molecular complexity index is 908. The van der Waals surface area contributed by atoms with Crippen molar-refractivity contribution in [2.75, 3.05) is 45.9 Å². The molecule has 1 saturated heterocycles. The van der Waals surface area contributed by atoms with E-state index in [9.17, 15) is 4.79 Å². The predicted molar refractivity (Wildman–Crippen MR) is 120 cm³/mol. The molecule has 2 amide bonds. The third kappa shape index (κ3) is 4.65. The Morgan fingerprint density at radius 3 is 2.16 bits per heavy atom. The maximum absolute atomic E-state index is 12.9. The van der Waals surface area contributed by atoms with Gasteiger partial charge in [-0.3, -0.25) is 0 Å². The minimum atomic E-state index is 0.0170. The molecule has 7 heteroatoms. The van der Waals surface area contributed by atoms with Gasteiger partial charge in [0, 0.05) is 37.9 Å². The van der Waals surface area contributed by atoms with Crippen molar-refractivity contribution in [2.45, 2.75) is 31.8 Å². The van der Waals surface area contributed by atoms with Crippen molar-refractivity contribution in [3.05, 3.63) is 47.5 Å². The molecule has 1 fully saturated rings. The Morgan fingerprint density at radius 1 is 0.903 bits per heavy atom. The zero-order chi connectivity index (χ0) is 21.8. The van der Waals surface area contributed by atoms with Crippen molar-refractivity contribution in [1.29, 1.82) is 0 Å². The van der Waals surface area contributed by atoms with Crippen molar-refractivity contribution in [3.8, 4) is 17.2 Å². The first kappa shape index (κ1) is 21.2. The maximum Gasteiger partial charge on any atom is 0.317 e. The number of fused-ring (bicyclic) bond motifs is 1. The third-order valence-electron chi connectivity index (χ3n) is 6.27. The first-order valence-electron chi connectivity index (χ1n) is 10.8. The zero-order valence-electron chi connectivity index (χ0n) is 18.5. The number of piperidine rings is 1. The number of amides is 2. The molecule has 1 N–H and O–H groups in total. The van der Waals surface area contributed by atoms with Gasteiger partial charge in [0.1, 0.15) is 5.75 Å². The Kier molecular flexibility index (Phi) is 6.39. The van der Waals surface area contributed by atoms with E-state index in [1.54, 1.807) is 21.3 Å². The molecular weight excluding hydrogens is 394 g/mol. The zero-order valence-corrected chi connectivity index (χ0v) is 18.5. The average molecular weight is 426 g/mol. The molecule has 31 heavy (non-hydrogen) atoms. The highest BCUT2D eigenvalue weighted by molar-refractivity contribution is 5.75. The summed E-state index contributed by atoms with van der Waals surface area (Å²) in [4.78, 5) is 17.2. The van der Waals surface area contributed by atoms with E-state index in [4.69, 9.17) is 14.2 Å². The van der Waals surface area contributed by atoms with Crippen LogP contribution in [0.25, 0.3) is 0 Å². The summed E-state index contributed by atoms with van der Waals surface area (Å²) in [6.07, 6.45) is 2.69. The van der Waals surface area contributed by atoms with Gasteiger partial charge in [0.25, 0.3) is 0 Å². The normalized spacial score (nSPS) is 16.5. The molecule has 2 aromatic rings. The van der Waals surface area contributed by atoms with Crippen molar-refractivity contribution in [3.63, 3.8) is 0 Å². The van der Waals surface area contributed by atoms with Gasteiger partial charge < -0.3 is 29.3 Å². The van der Waals surface area contributed by atoms with E-state index in [-0.39, 0.29) is 12.1 Å². The lowest BCUT2D eigenvalue weighted by molar-refractivity contribution is 0.186. The lowest BCUT2D eigenvalue weighted by Gasteiger charge is -2.36. The van der Waals surface area contributed by atoms with Crippen LogP contribution in [0.5, 0.6) is 17.2 Å².